The summed E-state index contributed by atoms with van der Waals surface area (Å²) in [5, 5.41) is 1.24. The molecule has 6 heteroatoms. The molecule has 6 nitrogen and oxygen atoms in total. The molecule has 32 heavy (non-hydrogen) atoms. The molecule has 0 spiro atoms. The lowest BCUT2D eigenvalue weighted by atomic mass is 9.98. The maximum Gasteiger partial charge on any atom is 0.219 e. The van der Waals surface area contributed by atoms with Gasteiger partial charge in [0.05, 0.1) is 6.04 Å². The summed E-state index contributed by atoms with van der Waals surface area (Å²) in [6.45, 7) is 4.36. The van der Waals surface area contributed by atoms with Crippen molar-refractivity contribution in [1.82, 2.24) is 19.4 Å². The molecule has 0 saturated carbocycles. The molecule has 0 aliphatic carbocycles. The zero-order chi connectivity index (χ0) is 22.2. The van der Waals surface area contributed by atoms with Crippen LogP contribution in [0.5, 0.6) is 0 Å². The minimum Gasteiger partial charge on any atom is -0.368 e. The summed E-state index contributed by atoms with van der Waals surface area (Å²) in [5.41, 5.74) is 12.4. The van der Waals surface area contributed by atoms with Crippen LogP contribution in [-0.4, -0.2) is 31.8 Å². The molecule has 1 unspecified atom stereocenters. The van der Waals surface area contributed by atoms with Gasteiger partial charge in [0.25, 0.3) is 0 Å². The van der Waals surface area contributed by atoms with E-state index in [1.54, 1.807) is 12.4 Å². The summed E-state index contributed by atoms with van der Waals surface area (Å²) in [6.07, 6.45) is 9.68. The van der Waals surface area contributed by atoms with Crippen molar-refractivity contribution < 1.29 is 0 Å². The summed E-state index contributed by atoms with van der Waals surface area (Å²) in [6, 6.07) is 17.4. The largest absolute Gasteiger partial charge is 0.368 e. The van der Waals surface area contributed by atoms with E-state index in [0.29, 0.717) is 0 Å². The third-order valence-electron chi connectivity index (χ3n) is 6.19. The van der Waals surface area contributed by atoms with Gasteiger partial charge in [-0.25, -0.2) is 9.97 Å². The van der Waals surface area contributed by atoms with Gasteiger partial charge in [0.15, 0.2) is 0 Å². The van der Waals surface area contributed by atoms with Crippen LogP contribution in [0.2, 0.25) is 0 Å². The molecule has 1 aliphatic heterocycles. The van der Waals surface area contributed by atoms with Gasteiger partial charge in [0, 0.05) is 54.2 Å². The fraction of sp³-hybridized carbons (Fsp3) is 0.192. The number of rotatable bonds is 4. The summed E-state index contributed by atoms with van der Waals surface area (Å²) < 4.78 is 2.16. The number of fused-ring (bicyclic) bond motifs is 1. The smallest absolute Gasteiger partial charge is 0.219 e. The van der Waals surface area contributed by atoms with Gasteiger partial charge in [-0.15, -0.1) is 0 Å². The molecule has 0 fully saturated rings. The monoisotopic (exact) mass is 422 g/mol. The molecule has 2 atom stereocenters. The first kappa shape index (κ1) is 20.0. The summed E-state index contributed by atoms with van der Waals surface area (Å²) in [7, 11) is 2.08. The molecule has 0 radical (unpaired) electrons. The first-order chi connectivity index (χ1) is 15.5. The van der Waals surface area contributed by atoms with Crippen LogP contribution < -0.4 is 5.73 Å². The van der Waals surface area contributed by atoms with Crippen LogP contribution in [0.1, 0.15) is 31.0 Å². The van der Waals surface area contributed by atoms with Gasteiger partial charge in [-0.3, -0.25) is 4.99 Å². The highest BCUT2D eigenvalue weighted by molar-refractivity contribution is 5.89. The lowest BCUT2D eigenvalue weighted by Crippen LogP contribution is -2.35. The Balaban J connectivity index is 1.52. The maximum absolute atomic E-state index is 5.65. The number of allylic oxidation sites excluding steroid dienone is 1. The highest BCUT2D eigenvalue weighted by Gasteiger charge is 2.26. The Morgan fingerprint density at radius 3 is 2.59 bits per heavy atom. The lowest BCUT2D eigenvalue weighted by Gasteiger charge is -2.38. The average molecular weight is 423 g/mol. The Hall–Kier alpha value is -3.93. The molecule has 0 bridgehead atoms. The average Bonchev–Trinajstić information content (AvgIpc) is 3.19. The van der Waals surface area contributed by atoms with E-state index in [1.165, 1.54) is 27.7 Å². The Labute approximate surface area is 187 Å². The van der Waals surface area contributed by atoms with Gasteiger partial charge in [-0.1, -0.05) is 30.3 Å². The first-order valence-corrected chi connectivity index (χ1v) is 10.8. The highest BCUT2D eigenvalue weighted by Crippen LogP contribution is 2.36. The molecule has 3 heterocycles. The van der Waals surface area contributed by atoms with Crippen LogP contribution in [0.4, 0.5) is 5.95 Å². The molecule has 2 aromatic heterocycles. The molecule has 4 aromatic rings. The van der Waals surface area contributed by atoms with E-state index >= 15 is 0 Å². The minimum atomic E-state index is 0.0256. The number of nitrogens with two attached hydrogens (primary N) is 1. The fourth-order valence-corrected chi connectivity index (χ4v) is 4.42. The first-order valence-electron chi connectivity index (χ1n) is 10.8. The van der Waals surface area contributed by atoms with E-state index in [1.807, 2.05) is 6.21 Å². The van der Waals surface area contributed by atoms with Crippen LogP contribution in [0.25, 0.3) is 27.7 Å². The van der Waals surface area contributed by atoms with Crippen molar-refractivity contribution in [3.63, 3.8) is 0 Å². The predicted octanol–water partition coefficient (Wildman–Crippen LogP) is 5.05. The lowest BCUT2D eigenvalue weighted by molar-refractivity contribution is 0.252. The zero-order valence-corrected chi connectivity index (χ0v) is 18.5. The van der Waals surface area contributed by atoms with Crippen molar-refractivity contribution in [3.05, 3.63) is 84.3 Å². The Bertz CT molecular complexity index is 1330. The van der Waals surface area contributed by atoms with Crippen molar-refractivity contribution in [1.29, 1.82) is 0 Å². The minimum absolute atomic E-state index is 0.0256. The number of anilines is 1. The molecular weight excluding hydrogens is 396 g/mol. The van der Waals surface area contributed by atoms with Crippen molar-refractivity contribution in [3.8, 4) is 11.1 Å². The number of aliphatic imine (C=N–C) groups is 1. The van der Waals surface area contributed by atoms with Crippen LogP contribution >= 0.6 is 0 Å². The second kappa shape index (κ2) is 7.96. The van der Waals surface area contributed by atoms with Crippen molar-refractivity contribution >= 4 is 28.8 Å². The van der Waals surface area contributed by atoms with E-state index < -0.39 is 0 Å². The number of aromatic nitrogens is 3. The highest BCUT2D eigenvalue weighted by atomic mass is 15.3. The van der Waals surface area contributed by atoms with Gasteiger partial charge >= 0.3 is 0 Å². The molecular formula is C26H26N6. The van der Waals surface area contributed by atoms with Crippen LogP contribution in [0.3, 0.4) is 0 Å². The zero-order valence-electron chi connectivity index (χ0n) is 18.5. The topological polar surface area (TPSA) is 72.3 Å². The maximum atomic E-state index is 5.65. The van der Waals surface area contributed by atoms with Crippen LogP contribution in [0, 0.1) is 0 Å². The quantitative estimate of drug-likeness (QED) is 0.499. The molecule has 160 valence electrons. The third-order valence-corrected chi connectivity index (χ3v) is 6.19. The molecule has 5 rings (SSSR count). The number of aryl methyl sites for hydroxylation is 1. The molecule has 2 N–H and O–H groups in total. The van der Waals surface area contributed by atoms with Gasteiger partial charge in [-0.2, -0.15) is 0 Å². The second-order valence-corrected chi connectivity index (χ2v) is 8.22. The standard InChI is InChI=1S/C26H26N6/c1-17(20-5-4-6-21(13-20)23-15-29-26(27)30-16-23)32-18(2)28-11-9-24(32)22-8-7-19-10-12-31(3)25(19)14-22/h4-18H,1-3H3,(H2,27,29,30)/t17-,18?/m0/s1. The van der Waals surface area contributed by atoms with E-state index in [0.717, 1.165) is 11.1 Å². The Morgan fingerprint density at radius 2 is 1.78 bits per heavy atom. The number of nitrogens with zero attached hydrogens (tertiary/aromatic N) is 5. The second-order valence-electron chi connectivity index (χ2n) is 8.22. The summed E-state index contributed by atoms with van der Waals surface area (Å²) in [4.78, 5) is 15.3. The Kier molecular flexibility index (Phi) is 4.98. The van der Waals surface area contributed by atoms with Crippen molar-refractivity contribution in [2.75, 3.05) is 5.73 Å². The third kappa shape index (κ3) is 3.54. The fourth-order valence-electron chi connectivity index (χ4n) is 4.42. The number of hydrogen-bond acceptors (Lipinski definition) is 5. The number of hydrogen-bond donors (Lipinski definition) is 1. The molecule has 0 amide bonds. The van der Waals surface area contributed by atoms with Crippen LogP contribution in [0.15, 0.2) is 78.2 Å². The number of nitrogen functional groups attached to an aromatic ring is 1. The van der Waals surface area contributed by atoms with Crippen molar-refractivity contribution in [2.45, 2.75) is 26.1 Å². The summed E-state index contributed by atoms with van der Waals surface area (Å²) >= 11 is 0. The van der Waals surface area contributed by atoms with Gasteiger partial charge in [0.2, 0.25) is 5.95 Å². The van der Waals surface area contributed by atoms with Crippen molar-refractivity contribution in [2.24, 2.45) is 12.0 Å². The van der Waals surface area contributed by atoms with E-state index in [9.17, 15) is 0 Å². The predicted molar refractivity (Wildman–Crippen MR) is 131 cm³/mol. The van der Waals surface area contributed by atoms with Crippen LogP contribution in [-0.2, 0) is 7.05 Å². The molecule has 2 aromatic carbocycles. The number of benzene rings is 2. The Morgan fingerprint density at radius 1 is 0.969 bits per heavy atom. The van der Waals surface area contributed by atoms with E-state index in [2.05, 4.69) is 106 Å². The SMILES string of the molecule is CC1N=CC=C(c2ccc3ccn(C)c3c2)N1[C@@H](C)c1cccc(-c2cnc(N)nc2)c1. The molecule has 0 saturated heterocycles. The van der Waals surface area contributed by atoms with Gasteiger partial charge in [-0.05, 0) is 54.6 Å². The van der Waals surface area contributed by atoms with E-state index in [4.69, 9.17) is 5.73 Å². The summed E-state index contributed by atoms with van der Waals surface area (Å²) in [5.74, 6) is 0.281. The van der Waals surface area contributed by atoms with Gasteiger partial charge < -0.3 is 15.2 Å². The van der Waals surface area contributed by atoms with Gasteiger partial charge in [0.1, 0.15) is 6.17 Å². The molecule has 1 aliphatic rings. The normalized spacial score (nSPS) is 16.9. The van der Waals surface area contributed by atoms with E-state index in [-0.39, 0.29) is 18.2 Å².